The number of hydrogen-bond acceptors (Lipinski definition) is 4. The Morgan fingerprint density at radius 1 is 1.17 bits per heavy atom. The summed E-state index contributed by atoms with van der Waals surface area (Å²) in [5.41, 5.74) is 2.25. The summed E-state index contributed by atoms with van der Waals surface area (Å²) < 4.78 is 0. The summed E-state index contributed by atoms with van der Waals surface area (Å²) >= 11 is 0. The SMILES string of the molecule is c1ccc(CN2CCCC2c2ccncn2)nc1. The topological polar surface area (TPSA) is 41.9 Å². The summed E-state index contributed by atoms with van der Waals surface area (Å²) in [6.45, 7) is 2.01. The number of aromatic nitrogens is 3. The second kappa shape index (κ2) is 5.23. The van der Waals surface area contributed by atoms with Crippen molar-refractivity contribution in [2.24, 2.45) is 0 Å². The van der Waals surface area contributed by atoms with Crippen molar-refractivity contribution in [3.05, 3.63) is 54.4 Å². The van der Waals surface area contributed by atoms with Gasteiger partial charge in [0, 0.05) is 18.9 Å². The van der Waals surface area contributed by atoms with Crippen LogP contribution in [0.4, 0.5) is 0 Å². The Morgan fingerprint density at radius 2 is 2.17 bits per heavy atom. The van der Waals surface area contributed by atoms with E-state index < -0.39 is 0 Å². The summed E-state index contributed by atoms with van der Waals surface area (Å²) in [4.78, 5) is 15.2. The van der Waals surface area contributed by atoms with Crippen LogP contribution < -0.4 is 0 Å². The van der Waals surface area contributed by atoms with Crippen molar-refractivity contribution in [3.63, 3.8) is 0 Å². The van der Waals surface area contributed by atoms with E-state index in [0.717, 1.165) is 24.5 Å². The molecule has 4 nitrogen and oxygen atoms in total. The van der Waals surface area contributed by atoms with Crippen LogP contribution in [0.3, 0.4) is 0 Å². The van der Waals surface area contributed by atoms with Crippen LogP contribution >= 0.6 is 0 Å². The van der Waals surface area contributed by atoms with Crippen LogP contribution in [-0.2, 0) is 6.54 Å². The smallest absolute Gasteiger partial charge is 0.115 e. The highest BCUT2D eigenvalue weighted by Crippen LogP contribution is 2.31. The van der Waals surface area contributed by atoms with Crippen LogP contribution in [0.15, 0.2) is 43.0 Å². The fraction of sp³-hybridized carbons (Fsp3) is 0.357. The zero-order valence-electron chi connectivity index (χ0n) is 10.2. The number of likely N-dealkylation sites (tertiary alicyclic amines) is 1. The van der Waals surface area contributed by atoms with E-state index in [9.17, 15) is 0 Å². The Morgan fingerprint density at radius 3 is 2.94 bits per heavy atom. The number of hydrogen-bond donors (Lipinski definition) is 0. The first-order valence-corrected chi connectivity index (χ1v) is 6.33. The number of nitrogens with zero attached hydrogens (tertiary/aromatic N) is 4. The maximum atomic E-state index is 4.40. The number of rotatable bonds is 3. The van der Waals surface area contributed by atoms with Gasteiger partial charge in [-0.2, -0.15) is 0 Å². The summed E-state index contributed by atoms with van der Waals surface area (Å²) in [5.74, 6) is 0. The molecule has 3 heterocycles. The zero-order valence-corrected chi connectivity index (χ0v) is 10.2. The highest BCUT2D eigenvalue weighted by molar-refractivity contribution is 5.09. The Kier molecular flexibility index (Phi) is 3.28. The Bertz CT molecular complexity index is 486. The minimum absolute atomic E-state index is 0.412. The molecule has 0 bridgehead atoms. The van der Waals surface area contributed by atoms with Crippen LogP contribution in [0.25, 0.3) is 0 Å². The predicted octanol–water partition coefficient (Wildman–Crippen LogP) is 2.21. The average Bonchev–Trinajstić information content (AvgIpc) is 2.89. The monoisotopic (exact) mass is 240 g/mol. The molecule has 0 spiro atoms. The number of pyridine rings is 1. The molecule has 2 aromatic heterocycles. The van der Waals surface area contributed by atoms with Gasteiger partial charge in [0.15, 0.2) is 0 Å². The van der Waals surface area contributed by atoms with Crippen LogP contribution in [0, 0.1) is 0 Å². The maximum absolute atomic E-state index is 4.40. The molecule has 1 fully saturated rings. The lowest BCUT2D eigenvalue weighted by atomic mass is 10.1. The minimum Gasteiger partial charge on any atom is -0.289 e. The van der Waals surface area contributed by atoms with E-state index in [1.807, 2.05) is 30.6 Å². The molecule has 0 aromatic carbocycles. The van der Waals surface area contributed by atoms with E-state index >= 15 is 0 Å². The molecule has 1 aliphatic heterocycles. The highest BCUT2D eigenvalue weighted by Gasteiger charge is 2.26. The third-order valence-corrected chi connectivity index (χ3v) is 3.40. The van der Waals surface area contributed by atoms with Crippen LogP contribution in [0.2, 0.25) is 0 Å². The fourth-order valence-electron chi connectivity index (χ4n) is 2.55. The van der Waals surface area contributed by atoms with Crippen molar-refractivity contribution < 1.29 is 0 Å². The third-order valence-electron chi connectivity index (χ3n) is 3.40. The van der Waals surface area contributed by atoms with Crippen molar-refractivity contribution in [2.45, 2.75) is 25.4 Å². The molecule has 3 rings (SSSR count). The molecule has 1 atom stereocenters. The first kappa shape index (κ1) is 11.3. The van der Waals surface area contributed by atoms with Gasteiger partial charge < -0.3 is 0 Å². The third kappa shape index (κ3) is 2.38. The van der Waals surface area contributed by atoms with Crippen molar-refractivity contribution in [1.82, 2.24) is 19.9 Å². The molecule has 1 unspecified atom stereocenters. The van der Waals surface area contributed by atoms with E-state index in [1.54, 1.807) is 6.33 Å². The molecule has 1 saturated heterocycles. The van der Waals surface area contributed by atoms with Gasteiger partial charge in [0.25, 0.3) is 0 Å². The summed E-state index contributed by atoms with van der Waals surface area (Å²) in [5, 5.41) is 0. The summed E-state index contributed by atoms with van der Waals surface area (Å²) in [7, 11) is 0. The van der Waals surface area contributed by atoms with Gasteiger partial charge in [-0.3, -0.25) is 9.88 Å². The lowest BCUT2D eigenvalue weighted by Gasteiger charge is -2.23. The van der Waals surface area contributed by atoms with Crippen molar-refractivity contribution in [2.75, 3.05) is 6.54 Å². The Balaban J connectivity index is 1.76. The van der Waals surface area contributed by atoms with Crippen molar-refractivity contribution in [3.8, 4) is 0 Å². The molecule has 0 N–H and O–H groups in total. The molecule has 92 valence electrons. The van der Waals surface area contributed by atoms with E-state index in [-0.39, 0.29) is 0 Å². The molecule has 4 heteroatoms. The lowest BCUT2D eigenvalue weighted by Crippen LogP contribution is -2.23. The zero-order chi connectivity index (χ0) is 12.2. The second-order valence-electron chi connectivity index (χ2n) is 4.58. The van der Waals surface area contributed by atoms with Gasteiger partial charge in [-0.15, -0.1) is 0 Å². The molecule has 2 aromatic rings. The van der Waals surface area contributed by atoms with Gasteiger partial charge in [0.1, 0.15) is 6.33 Å². The Hall–Kier alpha value is -1.81. The van der Waals surface area contributed by atoms with E-state index in [4.69, 9.17) is 0 Å². The largest absolute Gasteiger partial charge is 0.289 e. The van der Waals surface area contributed by atoms with Crippen LogP contribution in [0.1, 0.15) is 30.3 Å². The van der Waals surface area contributed by atoms with E-state index in [2.05, 4.69) is 25.9 Å². The molecule has 0 aliphatic carbocycles. The first-order chi connectivity index (χ1) is 8.93. The van der Waals surface area contributed by atoms with E-state index in [1.165, 1.54) is 12.8 Å². The quantitative estimate of drug-likeness (QED) is 0.825. The predicted molar refractivity (Wildman–Crippen MR) is 68.7 cm³/mol. The van der Waals surface area contributed by atoms with Gasteiger partial charge in [0.2, 0.25) is 0 Å². The van der Waals surface area contributed by atoms with Gasteiger partial charge in [-0.25, -0.2) is 9.97 Å². The molecule has 0 amide bonds. The molecule has 1 aliphatic rings. The van der Waals surface area contributed by atoms with Gasteiger partial charge in [-0.1, -0.05) is 6.07 Å². The molecule has 0 saturated carbocycles. The van der Waals surface area contributed by atoms with Crippen molar-refractivity contribution >= 4 is 0 Å². The minimum atomic E-state index is 0.412. The lowest BCUT2D eigenvalue weighted by molar-refractivity contribution is 0.241. The normalized spacial score (nSPS) is 20.1. The standard InChI is InChI=1S/C14H16N4/c1-2-7-16-12(4-1)10-18-9-3-5-14(18)13-6-8-15-11-17-13/h1-2,4,6-8,11,14H,3,5,9-10H2. The van der Waals surface area contributed by atoms with Gasteiger partial charge >= 0.3 is 0 Å². The first-order valence-electron chi connectivity index (χ1n) is 6.33. The molecule has 0 radical (unpaired) electrons. The average molecular weight is 240 g/mol. The molecular weight excluding hydrogens is 224 g/mol. The Labute approximate surface area is 107 Å². The van der Waals surface area contributed by atoms with Crippen LogP contribution in [0.5, 0.6) is 0 Å². The molecular formula is C14H16N4. The van der Waals surface area contributed by atoms with Crippen LogP contribution in [-0.4, -0.2) is 26.4 Å². The second-order valence-corrected chi connectivity index (χ2v) is 4.58. The van der Waals surface area contributed by atoms with E-state index in [0.29, 0.717) is 6.04 Å². The maximum Gasteiger partial charge on any atom is 0.115 e. The van der Waals surface area contributed by atoms with Crippen molar-refractivity contribution in [1.29, 1.82) is 0 Å². The highest BCUT2D eigenvalue weighted by atomic mass is 15.2. The molecule has 18 heavy (non-hydrogen) atoms. The fourth-order valence-corrected chi connectivity index (χ4v) is 2.55. The summed E-state index contributed by atoms with van der Waals surface area (Å²) in [6.07, 6.45) is 7.70. The van der Waals surface area contributed by atoms with Gasteiger partial charge in [-0.05, 0) is 37.6 Å². The van der Waals surface area contributed by atoms with Gasteiger partial charge in [0.05, 0.1) is 17.4 Å². The summed E-state index contributed by atoms with van der Waals surface area (Å²) in [6, 6.07) is 8.50.